The van der Waals surface area contributed by atoms with Gasteiger partial charge < -0.3 is 13.3 Å². The average Bonchev–Trinajstić information content (AvgIpc) is 1.53. The lowest BCUT2D eigenvalue weighted by atomic mass is 9.91. The number of hydrogen-bond donors (Lipinski definition) is 0. The molecule has 0 amide bonds. The van der Waals surface area contributed by atoms with E-state index in [-0.39, 0.29) is 0 Å². The smallest absolute Gasteiger partial charge is 0.164 e. The maximum absolute atomic E-state index is 6.72. The van der Waals surface area contributed by atoms with Crippen LogP contribution < -0.4 is 0 Å². The van der Waals surface area contributed by atoms with Crippen LogP contribution in [0.1, 0.15) is 0 Å². The van der Waals surface area contributed by atoms with Gasteiger partial charge in [-0.05, 0) is 175 Å². The average molecular weight is 1740 g/mol. The van der Waals surface area contributed by atoms with Crippen LogP contribution >= 0.6 is 35.3 Å². The molecular formula is C118H66N8O3S3. The predicted molar refractivity (Wildman–Crippen MR) is 541 cm³/mol. The molecule has 0 saturated heterocycles. The van der Waals surface area contributed by atoms with E-state index in [0.29, 0.717) is 34.9 Å². The molecule has 29 rings (SSSR count). The second-order valence-corrected chi connectivity index (χ2v) is 36.6. The van der Waals surface area contributed by atoms with Crippen molar-refractivity contribution in [3.05, 3.63) is 400 Å². The summed E-state index contributed by atoms with van der Waals surface area (Å²) in [6.45, 7) is 0. The number of fused-ring (bicyclic) bond motifs is 3. The van der Waals surface area contributed by atoms with E-state index < -0.39 is 0 Å². The molecule has 3 aliphatic rings. The Kier molecular flexibility index (Phi) is 17.5. The molecule has 3 aliphatic heterocycles. The van der Waals surface area contributed by atoms with Gasteiger partial charge in [-0.15, -0.1) is 0 Å². The molecule has 0 unspecified atom stereocenters. The normalized spacial score (nSPS) is 12.3. The summed E-state index contributed by atoms with van der Waals surface area (Å²) < 4.78 is 19.7. The molecule has 6 aromatic heterocycles. The third-order valence-electron chi connectivity index (χ3n) is 25.6. The molecule has 0 spiro atoms. The summed E-state index contributed by atoms with van der Waals surface area (Å²) in [5.41, 5.74) is 23.4. The monoisotopic (exact) mass is 1740 g/mol. The second-order valence-electron chi connectivity index (χ2n) is 33.4. The van der Waals surface area contributed by atoms with Gasteiger partial charge in [-0.25, -0.2) is 39.9 Å². The van der Waals surface area contributed by atoms with E-state index in [4.69, 9.17) is 53.1 Å². The fourth-order valence-electron chi connectivity index (χ4n) is 19.6. The summed E-state index contributed by atoms with van der Waals surface area (Å²) in [4.78, 5) is 48.2. The highest BCUT2D eigenvalue weighted by molar-refractivity contribution is 8.00. The van der Waals surface area contributed by atoms with Crippen molar-refractivity contribution in [3.8, 4) is 124 Å². The zero-order chi connectivity index (χ0) is 86.6. The number of hydrogen-bond acceptors (Lipinski definition) is 14. The van der Waals surface area contributed by atoms with Crippen LogP contribution in [0.25, 0.3) is 255 Å². The topological polar surface area (TPSA) is 143 Å². The third kappa shape index (κ3) is 12.5. The summed E-state index contributed by atoms with van der Waals surface area (Å²) in [6.07, 6.45) is 0. The van der Waals surface area contributed by atoms with Crippen LogP contribution in [0, 0.1) is 0 Å². The highest BCUT2D eigenvalue weighted by atomic mass is 32.2. The van der Waals surface area contributed by atoms with Crippen molar-refractivity contribution in [2.45, 2.75) is 29.4 Å². The molecule has 26 aromatic rings. The van der Waals surface area contributed by atoms with Gasteiger partial charge in [-0.1, -0.05) is 326 Å². The van der Waals surface area contributed by atoms with Crippen molar-refractivity contribution >= 4 is 166 Å². The summed E-state index contributed by atoms with van der Waals surface area (Å²) in [5.74, 6) is 3.85. The Labute approximate surface area is 767 Å². The minimum absolute atomic E-state index is 0.635. The van der Waals surface area contributed by atoms with Crippen LogP contribution in [0.2, 0.25) is 0 Å². The molecule has 0 radical (unpaired) electrons. The van der Waals surface area contributed by atoms with Gasteiger partial charge in [0.15, 0.2) is 34.9 Å². The Balaban J connectivity index is 0.000000102. The van der Waals surface area contributed by atoms with Crippen molar-refractivity contribution in [2.24, 2.45) is 0 Å². The van der Waals surface area contributed by atoms with Gasteiger partial charge in [0, 0.05) is 128 Å². The summed E-state index contributed by atoms with van der Waals surface area (Å²) >= 11 is 5.45. The quantitative estimate of drug-likeness (QED) is 0.121. The minimum atomic E-state index is 0.635. The molecule has 132 heavy (non-hydrogen) atoms. The summed E-state index contributed by atoms with van der Waals surface area (Å²) in [5, 5.41) is 19.0. The number of aromatic nitrogens is 8. The van der Waals surface area contributed by atoms with Gasteiger partial charge in [0.25, 0.3) is 0 Å². The first-order valence-corrected chi connectivity index (χ1v) is 46.3. The fourth-order valence-corrected chi connectivity index (χ4v) is 23.1. The van der Waals surface area contributed by atoms with Crippen molar-refractivity contribution in [3.63, 3.8) is 0 Å². The van der Waals surface area contributed by atoms with Gasteiger partial charge in [0.1, 0.15) is 33.5 Å². The standard InChI is InChI=1S/2C41H23N3OS.C36H20N2OS/c1-3-11-24(12-4-1)39-42-40(25-13-5-2-6-14-25)44-41(43-39)31-22-27(21-26-15-7-8-16-28(26)31)30-23-33-38-36-29(30)17-9-19-34(36)46-35-20-10-18-32(45-33)37(35)38;1-3-10-25(11-4-1)39-42-40(26-12-5-2-6-13-26)44-41(43-39)31-23-28(22-27-14-7-8-16-29(27)31)30-19-21-34-37-36-32(45-38(30)37)20-18-24-15-9-17-33(46-34)35(24)36;1-2-8-21(9-3-1)22-16-18-23(19-17-22)35-36(38-27-12-5-4-11-26(27)37-35)25-20-29-34-32-24(25)10-6-14-30(32)40-31-15-7-13-28(39-29)33(31)34/h2*1-23H;1-20H. The van der Waals surface area contributed by atoms with Crippen LogP contribution in [-0.4, -0.2) is 39.9 Å². The molecule has 20 aromatic carbocycles. The van der Waals surface area contributed by atoms with E-state index in [9.17, 15) is 0 Å². The Morgan fingerprint density at radius 3 is 1.05 bits per heavy atom. The van der Waals surface area contributed by atoms with Crippen LogP contribution in [0.4, 0.5) is 0 Å². The first-order chi connectivity index (χ1) is 65.4. The lowest BCUT2D eigenvalue weighted by Gasteiger charge is -2.17. The molecule has 11 nitrogen and oxygen atoms in total. The van der Waals surface area contributed by atoms with Crippen LogP contribution in [0.5, 0.6) is 0 Å². The van der Waals surface area contributed by atoms with Crippen molar-refractivity contribution < 1.29 is 13.3 Å². The maximum atomic E-state index is 6.72. The van der Waals surface area contributed by atoms with Gasteiger partial charge in [0.2, 0.25) is 0 Å². The van der Waals surface area contributed by atoms with Gasteiger partial charge in [-0.2, -0.15) is 0 Å². The Morgan fingerprint density at radius 1 is 0.167 bits per heavy atom. The largest absolute Gasteiger partial charge is 0.456 e. The van der Waals surface area contributed by atoms with E-state index >= 15 is 0 Å². The van der Waals surface area contributed by atoms with Crippen molar-refractivity contribution in [1.29, 1.82) is 0 Å². The molecule has 14 heteroatoms. The molecular weight excluding hydrogens is 1670 g/mol. The highest BCUT2D eigenvalue weighted by Gasteiger charge is 2.31. The zero-order valence-electron chi connectivity index (χ0n) is 70.1. The fraction of sp³-hybridized carbons (Fsp3) is 0. The number of rotatable bonds is 11. The van der Waals surface area contributed by atoms with E-state index in [0.717, 1.165) is 144 Å². The molecule has 0 N–H and O–H groups in total. The lowest BCUT2D eigenvalue weighted by molar-refractivity contribution is 0.668. The molecule has 614 valence electrons. The molecule has 0 fully saturated rings. The molecule has 0 aliphatic carbocycles. The summed E-state index contributed by atoms with van der Waals surface area (Å²) in [6, 6.07) is 139. The molecule has 0 atom stereocenters. The van der Waals surface area contributed by atoms with E-state index in [1.54, 1.807) is 0 Å². The Hall–Kier alpha value is -16.5. The van der Waals surface area contributed by atoms with E-state index in [2.05, 4.69) is 249 Å². The maximum Gasteiger partial charge on any atom is 0.164 e. The first kappa shape index (κ1) is 75.6. The van der Waals surface area contributed by atoms with Gasteiger partial charge in [0.05, 0.1) is 22.4 Å². The van der Waals surface area contributed by atoms with Crippen LogP contribution in [0.3, 0.4) is 0 Å². The van der Waals surface area contributed by atoms with E-state index in [1.165, 1.54) is 105 Å². The minimum Gasteiger partial charge on any atom is -0.456 e. The second kappa shape index (κ2) is 30.6. The van der Waals surface area contributed by atoms with Gasteiger partial charge >= 0.3 is 0 Å². The van der Waals surface area contributed by atoms with Crippen LogP contribution in [-0.2, 0) is 0 Å². The van der Waals surface area contributed by atoms with Crippen molar-refractivity contribution in [2.75, 3.05) is 0 Å². The van der Waals surface area contributed by atoms with Gasteiger partial charge in [-0.3, -0.25) is 0 Å². The molecule has 0 saturated carbocycles. The Bertz CT molecular complexity index is 9200. The van der Waals surface area contributed by atoms with E-state index in [1.807, 2.05) is 187 Å². The number of nitrogens with zero attached hydrogens (tertiary/aromatic N) is 8. The number of furan rings is 3. The third-order valence-corrected chi connectivity index (χ3v) is 29.0. The Morgan fingerprint density at radius 2 is 0.530 bits per heavy atom. The highest BCUT2D eigenvalue weighted by Crippen LogP contribution is 2.56. The zero-order valence-corrected chi connectivity index (χ0v) is 72.6. The predicted octanol–water partition coefficient (Wildman–Crippen LogP) is 32.6. The first-order valence-electron chi connectivity index (χ1n) is 43.9. The van der Waals surface area contributed by atoms with Crippen molar-refractivity contribution in [1.82, 2.24) is 39.9 Å². The van der Waals surface area contributed by atoms with Crippen LogP contribution in [0.15, 0.2) is 443 Å². The molecule has 9 heterocycles. The SMILES string of the molecule is c1ccc(-c2ccc(-c3nc4ccccc4nc3-c3cc4oc5cccc6c5c4c4c(cccc34)S6)cc2)cc1.c1ccc(-c2nc(-c3ccccc3)nc(-c3cc(-c4cc5oc6cccc7c6c5c5c(cccc45)S7)cc4ccccc34)n2)cc1.c1ccc(-c2nc(-c3ccccc3)nc(-c3cc(-c4ccc5c6c4oc4ccc7cccc(c7c46)S5)cc4ccccc34)n2)cc1. The molecule has 0 bridgehead atoms. The summed E-state index contributed by atoms with van der Waals surface area (Å²) in [7, 11) is 0. The number of benzene rings is 20. The lowest BCUT2D eigenvalue weighted by Crippen LogP contribution is -2.01. The number of para-hydroxylation sites is 2.